The molecule has 0 spiro atoms. The van der Waals surface area contributed by atoms with E-state index >= 15 is 0 Å². The van der Waals surface area contributed by atoms with Crippen molar-refractivity contribution < 1.29 is 9.50 Å². The molecule has 92 valence electrons. The molecule has 5 heteroatoms. The second-order valence-corrected chi connectivity index (χ2v) is 4.38. The first kappa shape index (κ1) is 11.9. The van der Waals surface area contributed by atoms with Crippen molar-refractivity contribution in [2.45, 2.75) is 32.4 Å². The van der Waals surface area contributed by atoms with Gasteiger partial charge < -0.3 is 15.4 Å². The fourth-order valence-electron chi connectivity index (χ4n) is 1.85. The first-order valence-electron chi connectivity index (χ1n) is 5.64. The Morgan fingerprint density at radius 1 is 1.47 bits per heavy atom. The maximum absolute atomic E-state index is 13.0. The standard InChI is InChI=1S/C12H16FN3O/c1-7(5-8(2)17)14-12-15-10-4-3-9(13)6-11(10)16-12/h3-4,6-8,17H,5H2,1-2H3,(H2,14,15,16). The number of hydrogen-bond donors (Lipinski definition) is 3. The van der Waals surface area contributed by atoms with Crippen molar-refractivity contribution in [3.63, 3.8) is 0 Å². The van der Waals surface area contributed by atoms with Crippen LogP contribution in [0.15, 0.2) is 18.2 Å². The Hall–Kier alpha value is -1.62. The number of fused-ring (bicyclic) bond motifs is 1. The molecule has 0 saturated heterocycles. The van der Waals surface area contributed by atoms with Gasteiger partial charge in [-0.3, -0.25) is 0 Å². The Morgan fingerprint density at radius 2 is 2.24 bits per heavy atom. The van der Waals surface area contributed by atoms with Crippen LogP contribution in [0.5, 0.6) is 0 Å². The highest BCUT2D eigenvalue weighted by Gasteiger charge is 2.09. The van der Waals surface area contributed by atoms with Gasteiger partial charge in [-0.15, -0.1) is 0 Å². The monoisotopic (exact) mass is 237 g/mol. The molecule has 0 fully saturated rings. The van der Waals surface area contributed by atoms with Gasteiger partial charge in [0.1, 0.15) is 5.82 Å². The number of benzene rings is 1. The van der Waals surface area contributed by atoms with Gasteiger partial charge >= 0.3 is 0 Å². The van der Waals surface area contributed by atoms with Crippen molar-refractivity contribution in [2.75, 3.05) is 5.32 Å². The van der Waals surface area contributed by atoms with Crippen molar-refractivity contribution >= 4 is 17.0 Å². The number of imidazole rings is 1. The molecule has 0 aliphatic rings. The third-order valence-electron chi connectivity index (χ3n) is 2.52. The molecule has 0 amide bonds. The number of nitrogens with one attached hydrogen (secondary N) is 2. The van der Waals surface area contributed by atoms with Crippen molar-refractivity contribution in [2.24, 2.45) is 0 Å². The van der Waals surface area contributed by atoms with Gasteiger partial charge in [-0.25, -0.2) is 9.37 Å². The predicted octanol–water partition coefficient (Wildman–Crippen LogP) is 2.27. The average Bonchev–Trinajstić information content (AvgIpc) is 2.57. The molecule has 17 heavy (non-hydrogen) atoms. The van der Waals surface area contributed by atoms with Gasteiger partial charge in [0, 0.05) is 6.04 Å². The zero-order valence-corrected chi connectivity index (χ0v) is 9.87. The lowest BCUT2D eigenvalue weighted by Crippen LogP contribution is -2.21. The number of hydrogen-bond acceptors (Lipinski definition) is 3. The quantitative estimate of drug-likeness (QED) is 0.764. The van der Waals surface area contributed by atoms with E-state index in [9.17, 15) is 9.50 Å². The van der Waals surface area contributed by atoms with Crippen LogP contribution in [0.3, 0.4) is 0 Å². The number of halogens is 1. The minimum Gasteiger partial charge on any atom is -0.393 e. The summed E-state index contributed by atoms with van der Waals surface area (Å²) in [6.07, 6.45) is 0.269. The van der Waals surface area contributed by atoms with E-state index < -0.39 is 0 Å². The smallest absolute Gasteiger partial charge is 0.201 e. The van der Waals surface area contributed by atoms with Crippen LogP contribution >= 0.6 is 0 Å². The number of rotatable bonds is 4. The molecule has 3 N–H and O–H groups in total. The Balaban J connectivity index is 2.14. The van der Waals surface area contributed by atoms with Gasteiger partial charge in [0.05, 0.1) is 17.1 Å². The molecule has 2 rings (SSSR count). The van der Waals surface area contributed by atoms with E-state index in [4.69, 9.17) is 0 Å². The van der Waals surface area contributed by atoms with E-state index in [0.29, 0.717) is 17.9 Å². The van der Waals surface area contributed by atoms with Crippen LogP contribution in [0.1, 0.15) is 20.3 Å². The van der Waals surface area contributed by atoms with Crippen LogP contribution in [-0.2, 0) is 0 Å². The summed E-state index contributed by atoms with van der Waals surface area (Å²) in [4.78, 5) is 7.28. The van der Waals surface area contributed by atoms with E-state index in [1.165, 1.54) is 12.1 Å². The largest absolute Gasteiger partial charge is 0.393 e. The van der Waals surface area contributed by atoms with Crippen LogP contribution in [0.2, 0.25) is 0 Å². The number of aliphatic hydroxyl groups is 1. The van der Waals surface area contributed by atoms with Crippen molar-refractivity contribution in [1.29, 1.82) is 0 Å². The molecule has 1 aromatic heterocycles. The normalized spacial score (nSPS) is 14.8. The topological polar surface area (TPSA) is 60.9 Å². The van der Waals surface area contributed by atoms with Crippen LogP contribution < -0.4 is 5.32 Å². The Kier molecular flexibility index (Phi) is 3.28. The molecule has 0 radical (unpaired) electrons. The molecule has 0 aliphatic heterocycles. The van der Waals surface area contributed by atoms with Gasteiger partial charge in [0.2, 0.25) is 5.95 Å². The number of aromatic nitrogens is 2. The lowest BCUT2D eigenvalue weighted by atomic mass is 10.2. The lowest BCUT2D eigenvalue weighted by Gasteiger charge is -2.14. The molecule has 2 aromatic rings. The summed E-state index contributed by atoms with van der Waals surface area (Å²) in [5.74, 6) is 0.309. The van der Waals surface area contributed by atoms with Gasteiger partial charge in [-0.1, -0.05) is 0 Å². The van der Waals surface area contributed by atoms with Crippen LogP contribution in [0.25, 0.3) is 11.0 Å². The second kappa shape index (κ2) is 4.71. The van der Waals surface area contributed by atoms with Crippen LogP contribution in [0, 0.1) is 5.82 Å². The number of nitrogens with zero attached hydrogens (tertiary/aromatic N) is 1. The highest BCUT2D eigenvalue weighted by Crippen LogP contribution is 2.16. The molecule has 0 saturated carbocycles. The second-order valence-electron chi connectivity index (χ2n) is 4.38. The number of anilines is 1. The summed E-state index contributed by atoms with van der Waals surface area (Å²) >= 11 is 0. The SMILES string of the molecule is CC(O)CC(C)Nc1nc2ccc(F)cc2[nH]1. The number of aromatic amines is 1. The van der Waals surface area contributed by atoms with Gasteiger partial charge in [0.25, 0.3) is 0 Å². The van der Waals surface area contributed by atoms with Gasteiger partial charge in [-0.2, -0.15) is 0 Å². The maximum atomic E-state index is 13.0. The minimum absolute atomic E-state index is 0.0976. The molecule has 1 heterocycles. The summed E-state index contributed by atoms with van der Waals surface area (Å²) in [5.41, 5.74) is 1.38. The summed E-state index contributed by atoms with van der Waals surface area (Å²) in [6.45, 7) is 3.70. The summed E-state index contributed by atoms with van der Waals surface area (Å²) in [5, 5.41) is 12.4. The van der Waals surface area contributed by atoms with E-state index in [-0.39, 0.29) is 18.0 Å². The van der Waals surface area contributed by atoms with E-state index in [0.717, 1.165) is 5.52 Å². The third kappa shape index (κ3) is 2.94. The highest BCUT2D eigenvalue weighted by atomic mass is 19.1. The molecule has 1 aromatic carbocycles. The summed E-state index contributed by atoms with van der Waals surface area (Å²) < 4.78 is 13.0. The Labute approximate surface area is 98.9 Å². The zero-order valence-electron chi connectivity index (χ0n) is 9.87. The minimum atomic E-state index is -0.362. The summed E-state index contributed by atoms with van der Waals surface area (Å²) in [6, 6.07) is 4.52. The molecule has 4 nitrogen and oxygen atoms in total. The van der Waals surface area contributed by atoms with Crippen LogP contribution in [-0.4, -0.2) is 27.2 Å². The first-order chi connectivity index (χ1) is 8.04. The van der Waals surface area contributed by atoms with E-state index in [1.54, 1.807) is 13.0 Å². The maximum Gasteiger partial charge on any atom is 0.201 e. The highest BCUT2D eigenvalue weighted by molar-refractivity contribution is 5.77. The van der Waals surface area contributed by atoms with E-state index in [1.807, 2.05) is 6.92 Å². The van der Waals surface area contributed by atoms with Crippen molar-refractivity contribution in [3.05, 3.63) is 24.0 Å². The molecule has 0 bridgehead atoms. The third-order valence-corrected chi connectivity index (χ3v) is 2.52. The van der Waals surface area contributed by atoms with Gasteiger partial charge in [0.15, 0.2) is 0 Å². The Morgan fingerprint density at radius 3 is 2.94 bits per heavy atom. The summed E-state index contributed by atoms with van der Waals surface area (Å²) in [7, 11) is 0. The average molecular weight is 237 g/mol. The van der Waals surface area contributed by atoms with Crippen molar-refractivity contribution in [3.8, 4) is 0 Å². The fourth-order valence-corrected chi connectivity index (χ4v) is 1.85. The van der Waals surface area contributed by atoms with E-state index in [2.05, 4.69) is 15.3 Å². The lowest BCUT2D eigenvalue weighted by molar-refractivity contribution is 0.179. The molecular weight excluding hydrogens is 221 g/mol. The number of H-pyrrole nitrogens is 1. The predicted molar refractivity (Wildman–Crippen MR) is 65.4 cm³/mol. The zero-order chi connectivity index (χ0) is 12.4. The van der Waals surface area contributed by atoms with Crippen LogP contribution in [0.4, 0.5) is 10.3 Å². The van der Waals surface area contributed by atoms with Gasteiger partial charge in [-0.05, 0) is 38.5 Å². The number of aliphatic hydroxyl groups excluding tert-OH is 1. The molecule has 2 unspecified atom stereocenters. The molecular formula is C12H16FN3O. The molecule has 0 aliphatic carbocycles. The fraction of sp³-hybridized carbons (Fsp3) is 0.417. The molecule has 2 atom stereocenters. The van der Waals surface area contributed by atoms with Crippen molar-refractivity contribution in [1.82, 2.24) is 9.97 Å². The first-order valence-corrected chi connectivity index (χ1v) is 5.64. The Bertz CT molecular complexity index is 509.